The molecule has 4 fully saturated rings. The first-order valence-corrected chi connectivity index (χ1v) is 9.20. The van der Waals surface area contributed by atoms with Gasteiger partial charge < -0.3 is 5.73 Å². The molecule has 0 aromatic heterocycles. The Morgan fingerprint density at radius 3 is 2.00 bits per heavy atom. The van der Waals surface area contributed by atoms with E-state index in [9.17, 15) is 8.42 Å². The minimum Gasteiger partial charge on any atom is -0.330 e. The first kappa shape index (κ1) is 13.8. The third-order valence-corrected chi connectivity index (χ3v) is 6.70. The summed E-state index contributed by atoms with van der Waals surface area (Å²) in [6.07, 6.45) is 7.72. The lowest BCUT2D eigenvalue weighted by Crippen LogP contribution is -2.46. The lowest BCUT2D eigenvalue weighted by molar-refractivity contribution is -0.0443. The van der Waals surface area contributed by atoms with E-state index in [1.807, 2.05) is 0 Å². The van der Waals surface area contributed by atoms with Crippen molar-refractivity contribution in [3.05, 3.63) is 0 Å². The molecule has 3 N–H and O–H groups in total. The van der Waals surface area contributed by atoms with Crippen molar-refractivity contribution in [1.82, 2.24) is 0 Å². The van der Waals surface area contributed by atoms with E-state index in [4.69, 9.17) is 10.3 Å². The van der Waals surface area contributed by atoms with E-state index in [2.05, 4.69) is 0 Å². The van der Waals surface area contributed by atoms with Crippen LogP contribution in [0.1, 0.15) is 38.5 Å². The quantitative estimate of drug-likeness (QED) is 0.757. The normalized spacial score (nSPS) is 42.5. The van der Waals surface area contributed by atoms with Gasteiger partial charge in [-0.15, -0.1) is 0 Å². The molecule has 0 heterocycles. The third-order valence-electron chi connectivity index (χ3n) is 5.81. The van der Waals surface area contributed by atoms with Crippen LogP contribution in [0.3, 0.4) is 0 Å². The molecule has 4 rings (SSSR count). The van der Waals surface area contributed by atoms with Crippen LogP contribution in [0.15, 0.2) is 0 Å². The average Bonchev–Trinajstić information content (AvgIpc) is 2.29. The Hall–Kier alpha value is -0.130. The van der Waals surface area contributed by atoms with Crippen molar-refractivity contribution in [1.29, 1.82) is 0 Å². The fraction of sp³-hybridized carbons (Fsp3) is 1.00. The first-order chi connectivity index (χ1) is 8.94. The summed E-state index contributed by atoms with van der Waals surface area (Å²) >= 11 is 0. The standard InChI is InChI=1S/C14H25NO3S/c15-7-11(8-19(16,17)18)6-14-12-2-9-1-10(4-12)5-13(14)3-9/h9-14H,1-8,15H2,(H,16,17,18). The number of hydrogen-bond donors (Lipinski definition) is 2. The molecule has 0 radical (unpaired) electrons. The maximum Gasteiger partial charge on any atom is 0.265 e. The molecule has 0 amide bonds. The molecule has 4 bridgehead atoms. The van der Waals surface area contributed by atoms with Crippen molar-refractivity contribution in [2.24, 2.45) is 41.2 Å². The highest BCUT2D eigenvalue weighted by molar-refractivity contribution is 7.85. The van der Waals surface area contributed by atoms with E-state index in [0.717, 1.165) is 30.1 Å². The van der Waals surface area contributed by atoms with Crippen LogP contribution in [0, 0.1) is 35.5 Å². The van der Waals surface area contributed by atoms with Gasteiger partial charge in [0, 0.05) is 0 Å². The van der Waals surface area contributed by atoms with Crippen LogP contribution in [0.2, 0.25) is 0 Å². The molecule has 0 aromatic carbocycles. The van der Waals surface area contributed by atoms with Gasteiger partial charge in [-0.05, 0) is 80.6 Å². The minimum atomic E-state index is -3.89. The molecule has 5 heteroatoms. The number of rotatable bonds is 5. The minimum absolute atomic E-state index is 0.0717. The van der Waals surface area contributed by atoms with Gasteiger partial charge in [-0.2, -0.15) is 8.42 Å². The van der Waals surface area contributed by atoms with Gasteiger partial charge in [0.15, 0.2) is 0 Å². The Kier molecular flexibility index (Phi) is 3.65. The molecule has 1 unspecified atom stereocenters. The highest BCUT2D eigenvalue weighted by Gasteiger charge is 2.48. The molecule has 110 valence electrons. The summed E-state index contributed by atoms with van der Waals surface area (Å²) in [4.78, 5) is 0. The van der Waals surface area contributed by atoms with E-state index in [-0.39, 0.29) is 11.7 Å². The Morgan fingerprint density at radius 1 is 1.05 bits per heavy atom. The average molecular weight is 287 g/mol. The molecule has 0 aliphatic heterocycles. The fourth-order valence-electron chi connectivity index (χ4n) is 5.34. The van der Waals surface area contributed by atoms with Crippen molar-refractivity contribution in [2.45, 2.75) is 38.5 Å². The first-order valence-electron chi connectivity index (χ1n) is 7.59. The summed E-state index contributed by atoms with van der Waals surface area (Å²) in [6.45, 7) is 0.364. The second-order valence-corrected chi connectivity index (χ2v) is 8.68. The molecule has 4 aliphatic carbocycles. The van der Waals surface area contributed by atoms with Crippen LogP contribution >= 0.6 is 0 Å². The molecule has 1 atom stereocenters. The number of nitrogens with two attached hydrogens (primary N) is 1. The maximum absolute atomic E-state index is 11.0. The van der Waals surface area contributed by atoms with Crippen LogP contribution in [-0.2, 0) is 10.1 Å². The van der Waals surface area contributed by atoms with Crippen LogP contribution in [-0.4, -0.2) is 25.3 Å². The lowest BCUT2D eigenvalue weighted by Gasteiger charge is -2.55. The molecule has 4 nitrogen and oxygen atoms in total. The van der Waals surface area contributed by atoms with Crippen molar-refractivity contribution in [3.63, 3.8) is 0 Å². The van der Waals surface area contributed by atoms with Crippen LogP contribution in [0.4, 0.5) is 0 Å². The highest BCUT2D eigenvalue weighted by atomic mass is 32.2. The molecule has 4 saturated carbocycles. The Balaban J connectivity index is 1.66. The van der Waals surface area contributed by atoms with Gasteiger partial charge in [-0.3, -0.25) is 4.55 Å². The van der Waals surface area contributed by atoms with Gasteiger partial charge in [0.25, 0.3) is 10.1 Å². The summed E-state index contributed by atoms with van der Waals surface area (Å²) in [7, 11) is -3.89. The second-order valence-electron chi connectivity index (χ2n) is 7.18. The van der Waals surface area contributed by atoms with Gasteiger partial charge in [-0.25, -0.2) is 0 Å². The largest absolute Gasteiger partial charge is 0.330 e. The fourth-order valence-corrected chi connectivity index (χ4v) is 6.21. The summed E-state index contributed by atoms with van der Waals surface area (Å²) in [6, 6.07) is 0. The Bertz CT molecular complexity index is 406. The van der Waals surface area contributed by atoms with Gasteiger partial charge in [-0.1, -0.05) is 0 Å². The van der Waals surface area contributed by atoms with Crippen molar-refractivity contribution < 1.29 is 13.0 Å². The SMILES string of the molecule is NCC(CC1C2CC3CC(C2)CC1C3)CS(=O)(=O)O. The lowest BCUT2D eigenvalue weighted by atomic mass is 9.51. The molecular weight excluding hydrogens is 262 g/mol. The van der Waals surface area contributed by atoms with Crippen molar-refractivity contribution in [3.8, 4) is 0 Å². The van der Waals surface area contributed by atoms with E-state index in [0.29, 0.717) is 12.5 Å². The Morgan fingerprint density at radius 2 is 1.58 bits per heavy atom. The second kappa shape index (κ2) is 5.01. The molecule has 0 spiro atoms. The topological polar surface area (TPSA) is 80.4 Å². The van der Waals surface area contributed by atoms with E-state index < -0.39 is 10.1 Å². The van der Waals surface area contributed by atoms with E-state index in [1.165, 1.54) is 32.1 Å². The number of hydrogen-bond acceptors (Lipinski definition) is 3. The monoisotopic (exact) mass is 287 g/mol. The van der Waals surface area contributed by atoms with E-state index >= 15 is 0 Å². The zero-order chi connectivity index (χ0) is 13.6. The van der Waals surface area contributed by atoms with Gasteiger partial charge in [0.2, 0.25) is 0 Å². The van der Waals surface area contributed by atoms with Crippen molar-refractivity contribution in [2.75, 3.05) is 12.3 Å². The summed E-state index contributed by atoms with van der Waals surface area (Å²) in [5, 5.41) is 0. The molecular formula is C14H25NO3S. The zero-order valence-corrected chi connectivity index (χ0v) is 12.2. The molecule has 0 saturated heterocycles. The Labute approximate surface area is 115 Å². The van der Waals surface area contributed by atoms with Crippen LogP contribution in [0.5, 0.6) is 0 Å². The predicted molar refractivity (Wildman–Crippen MR) is 74.1 cm³/mol. The van der Waals surface area contributed by atoms with Gasteiger partial charge in [0.1, 0.15) is 0 Å². The van der Waals surface area contributed by atoms with Crippen LogP contribution in [0.25, 0.3) is 0 Å². The predicted octanol–water partition coefficient (Wildman–Crippen LogP) is 1.91. The summed E-state index contributed by atoms with van der Waals surface area (Å²) in [5.74, 6) is 3.90. The van der Waals surface area contributed by atoms with Gasteiger partial charge >= 0.3 is 0 Å². The van der Waals surface area contributed by atoms with E-state index in [1.54, 1.807) is 0 Å². The highest BCUT2D eigenvalue weighted by Crippen LogP contribution is 2.57. The smallest absolute Gasteiger partial charge is 0.265 e. The summed E-state index contributed by atoms with van der Waals surface area (Å²) in [5.41, 5.74) is 5.71. The zero-order valence-electron chi connectivity index (χ0n) is 11.4. The van der Waals surface area contributed by atoms with Crippen LogP contribution < -0.4 is 5.73 Å². The van der Waals surface area contributed by atoms with Crippen molar-refractivity contribution >= 4 is 10.1 Å². The third kappa shape index (κ3) is 2.98. The maximum atomic E-state index is 11.0. The van der Waals surface area contributed by atoms with Gasteiger partial charge in [0.05, 0.1) is 5.75 Å². The summed E-state index contributed by atoms with van der Waals surface area (Å²) < 4.78 is 31.1. The molecule has 4 aliphatic rings. The molecule has 0 aromatic rings. The molecule has 19 heavy (non-hydrogen) atoms.